The van der Waals surface area contributed by atoms with Crippen LogP contribution in [0.2, 0.25) is 0 Å². The minimum Gasteiger partial charge on any atom is -0.490 e. The molecule has 110 valence electrons. The van der Waals surface area contributed by atoms with Crippen LogP contribution in [-0.2, 0) is 4.74 Å². The standard InChI is InChI=1S/C16H22BrNO2/c1-2-6-18-14-9-16(11-5-7-19-10-11)20-15-4-3-12(17)8-13(14)15/h3-4,8,11,14,16,18H,2,5-7,9-10H2,1H3. The first-order valence-electron chi connectivity index (χ1n) is 7.55. The molecule has 3 rings (SSSR count). The van der Waals surface area contributed by atoms with Crippen molar-refractivity contribution in [3.63, 3.8) is 0 Å². The van der Waals surface area contributed by atoms with Gasteiger partial charge in [0.05, 0.1) is 6.61 Å². The van der Waals surface area contributed by atoms with Crippen LogP contribution in [0.25, 0.3) is 0 Å². The Morgan fingerprint density at radius 1 is 1.40 bits per heavy atom. The first kappa shape index (κ1) is 14.4. The summed E-state index contributed by atoms with van der Waals surface area (Å²) in [6.45, 7) is 4.97. The first-order valence-corrected chi connectivity index (χ1v) is 8.34. The van der Waals surface area contributed by atoms with Crippen LogP contribution in [0.15, 0.2) is 22.7 Å². The van der Waals surface area contributed by atoms with E-state index in [-0.39, 0.29) is 6.10 Å². The van der Waals surface area contributed by atoms with Crippen LogP contribution in [0.1, 0.15) is 37.8 Å². The van der Waals surface area contributed by atoms with E-state index in [1.807, 2.05) is 0 Å². The number of benzene rings is 1. The number of rotatable bonds is 4. The van der Waals surface area contributed by atoms with Crippen molar-refractivity contribution in [1.29, 1.82) is 0 Å². The van der Waals surface area contributed by atoms with Crippen LogP contribution < -0.4 is 10.1 Å². The van der Waals surface area contributed by atoms with E-state index in [0.29, 0.717) is 12.0 Å². The lowest BCUT2D eigenvalue weighted by atomic mass is 9.89. The van der Waals surface area contributed by atoms with Gasteiger partial charge in [-0.05, 0) is 37.6 Å². The van der Waals surface area contributed by atoms with E-state index in [9.17, 15) is 0 Å². The van der Waals surface area contributed by atoms with Crippen LogP contribution in [0.4, 0.5) is 0 Å². The fourth-order valence-electron chi connectivity index (χ4n) is 3.12. The highest BCUT2D eigenvalue weighted by molar-refractivity contribution is 9.10. The summed E-state index contributed by atoms with van der Waals surface area (Å²) in [6.07, 6.45) is 3.59. The van der Waals surface area contributed by atoms with Gasteiger partial charge in [0.1, 0.15) is 11.9 Å². The molecule has 1 aromatic carbocycles. The minimum absolute atomic E-state index is 0.278. The van der Waals surface area contributed by atoms with Gasteiger partial charge in [0.15, 0.2) is 0 Å². The molecule has 1 saturated heterocycles. The monoisotopic (exact) mass is 339 g/mol. The molecular formula is C16H22BrNO2. The second kappa shape index (κ2) is 6.46. The molecule has 0 bridgehead atoms. The van der Waals surface area contributed by atoms with Gasteiger partial charge < -0.3 is 14.8 Å². The molecule has 3 unspecified atom stereocenters. The Morgan fingerprint density at radius 2 is 2.30 bits per heavy atom. The molecule has 0 spiro atoms. The Kier molecular flexibility index (Phi) is 4.64. The molecule has 0 amide bonds. The molecular weight excluding hydrogens is 318 g/mol. The smallest absolute Gasteiger partial charge is 0.124 e. The van der Waals surface area contributed by atoms with Crippen molar-refractivity contribution in [2.45, 2.75) is 38.3 Å². The summed E-state index contributed by atoms with van der Waals surface area (Å²) in [5, 5.41) is 3.67. The van der Waals surface area contributed by atoms with Crippen LogP contribution in [-0.4, -0.2) is 25.9 Å². The normalized spacial score (nSPS) is 29.0. The predicted octanol–water partition coefficient (Wildman–Crippen LogP) is 3.68. The Bertz CT molecular complexity index is 460. The molecule has 0 radical (unpaired) electrons. The van der Waals surface area contributed by atoms with Crippen LogP contribution in [0.3, 0.4) is 0 Å². The first-order chi connectivity index (χ1) is 9.78. The van der Waals surface area contributed by atoms with E-state index in [2.05, 4.69) is 46.4 Å². The van der Waals surface area contributed by atoms with Crippen molar-refractivity contribution in [3.05, 3.63) is 28.2 Å². The van der Waals surface area contributed by atoms with E-state index >= 15 is 0 Å². The average Bonchev–Trinajstić information content (AvgIpc) is 2.99. The maximum absolute atomic E-state index is 6.24. The van der Waals surface area contributed by atoms with E-state index in [0.717, 1.165) is 49.2 Å². The third kappa shape index (κ3) is 3.02. The summed E-state index contributed by atoms with van der Waals surface area (Å²) < 4.78 is 12.9. The average molecular weight is 340 g/mol. The summed E-state index contributed by atoms with van der Waals surface area (Å²) in [5.41, 5.74) is 1.28. The van der Waals surface area contributed by atoms with Gasteiger partial charge in [-0.2, -0.15) is 0 Å². The Morgan fingerprint density at radius 3 is 3.05 bits per heavy atom. The maximum Gasteiger partial charge on any atom is 0.124 e. The molecule has 4 heteroatoms. The third-order valence-electron chi connectivity index (χ3n) is 4.23. The second-order valence-corrected chi connectivity index (χ2v) is 6.62. The zero-order valence-corrected chi connectivity index (χ0v) is 13.5. The molecule has 2 heterocycles. The van der Waals surface area contributed by atoms with E-state index in [1.54, 1.807) is 0 Å². The van der Waals surface area contributed by atoms with Gasteiger partial charge in [-0.3, -0.25) is 0 Å². The number of halogens is 1. The maximum atomic E-state index is 6.24. The molecule has 1 fully saturated rings. The van der Waals surface area contributed by atoms with Gasteiger partial charge in [-0.15, -0.1) is 0 Å². The summed E-state index contributed by atoms with van der Waals surface area (Å²) in [5.74, 6) is 1.57. The number of ether oxygens (including phenoxy) is 2. The fourth-order valence-corrected chi connectivity index (χ4v) is 3.49. The zero-order chi connectivity index (χ0) is 13.9. The van der Waals surface area contributed by atoms with Crippen LogP contribution in [0, 0.1) is 5.92 Å². The SMILES string of the molecule is CCCNC1CC(C2CCOC2)Oc2ccc(Br)cc21. The van der Waals surface area contributed by atoms with Gasteiger partial charge in [0.2, 0.25) is 0 Å². The number of hydrogen-bond donors (Lipinski definition) is 1. The van der Waals surface area contributed by atoms with Crippen molar-refractivity contribution >= 4 is 15.9 Å². The predicted molar refractivity (Wildman–Crippen MR) is 83.1 cm³/mol. The highest BCUT2D eigenvalue weighted by Crippen LogP contribution is 2.39. The van der Waals surface area contributed by atoms with Crippen LogP contribution >= 0.6 is 15.9 Å². The van der Waals surface area contributed by atoms with Gasteiger partial charge in [0.25, 0.3) is 0 Å². The second-order valence-electron chi connectivity index (χ2n) is 5.70. The molecule has 2 aliphatic rings. The van der Waals surface area contributed by atoms with Crippen molar-refractivity contribution in [1.82, 2.24) is 5.32 Å². The highest BCUT2D eigenvalue weighted by atomic mass is 79.9. The minimum atomic E-state index is 0.278. The lowest BCUT2D eigenvalue weighted by Gasteiger charge is -2.35. The Labute approximate surface area is 129 Å². The molecule has 1 N–H and O–H groups in total. The quantitative estimate of drug-likeness (QED) is 0.907. The highest BCUT2D eigenvalue weighted by Gasteiger charge is 2.35. The van der Waals surface area contributed by atoms with Crippen LogP contribution in [0.5, 0.6) is 5.75 Å². The number of nitrogens with one attached hydrogen (secondary N) is 1. The Balaban J connectivity index is 1.82. The summed E-state index contributed by atoms with van der Waals surface area (Å²) in [7, 11) is 0. The molecule has 20 heavy (non-hydrogen) atoms. The topological polar surface area (TPSA) is 30.5 Å². The van der Waals surface area contributed by atoms with Gasteiger partial charge >= 0.3 is 0 Å². The number of hydrogen-bond acceptors (Lipinski definition) is 3. The largest absolute Gasteiger partial charge is 0.490 e. The molecule has 3 atom stereocenters. The number of fused-ring (bicyclic) bond motifs is 1. The fraction of sp³-hybridized carbons (Fsp3) is 0.625. The third-order valence-corrected chi connectivity index (χ3v) is 4.72. The molecule has 2 aliphatic heterocycles. The molecule has 0 saturated carbocycles. The summed E-state index contributed by atoms with van der Waals surface area (Å²) in [6, 6.07) is 6.72. The lowest BCUT2D eigenvalue weighted by Crippen LogP contribution is -2.37. The Hall–Kier alpha value is -0.580. The van der Waals surface area contributed by atoms with Crippen molar-refractivity contribution in [2.75, 3.05) is 19.8 Å². The zero-order valence-electron chi connectivity index (χ0n) is 11.9. The van der Waals surface area contributed by atoms with Crippen molar-refractivity contribution in [3.8, 4) is 5.75 Å². The van der Waals surface area contributed by atoms with Gasteiger partial charge in [-0.1, -0.05) is 22.9 Å². The van der Waals surface area contributed by atoms with Gasteiger partial charge in [-0.25, -0.2) is 0 Å². The van der Waals surface area contributed by atoms with Crippen molar-refractivity contribution in [2.24, 2.45) is 5.92 Å². The van der Waals surface area contributed by atoms with E-state index in [4.69, 9.17) is 9.47 Å². The lowest BCUT2D eigenvalue weighted by molar-refractivity contribution is 0.0802. The molecule has 3 nitrogen and oxygen atoms in total. The van der Waals surface area contributed by atoms with E-state index < -0.39 is 0 Å². The summed E-state index contributed by atoms with van der Waals surface area (Å²) >= 11 is 3.56. The van der Waals surface area contributed by atoms with E-state index in [1.165, 1.54) is 5.56 Å². The molecule has 1 aromatic rings. The van der Waals surface area contributed by atoms with Crippen molar-refractivity contribution < 1.29 is 9.47 Å². The molecule has 0 aromatic heterocycles. The summed E-state index contributed by atoms with van der Waals surface area (Å²) in [4.78, 5) is 0. The van der Waals surface area contributed by atoms with Gasteiger partial charge in [0, 0.05) is 35.0 Å². The molecule has 0 aliphatic carbocycles.